The van der Waals surface area contributed by atoms with Crippen LogP contribution >= 0.6 is 0 Å². The molecule has 252 valence electrons. The third-order valence-corrected chi connectivity index (χ3v) is 9.11. The van der Waals surface area contributed by atoms with Gasteiger partial charge in [-0.15, -0.1) is 0 Å². The molecule has 0 aliphatic carbocycles. The van der Waals surface area contributed by atoms with E-state index in [4.69, 9.17) is 25.4 Å². The topological polar surface area (TPSA) is 203 Å². The van der Waals surface area contributed by atoms with Crippen molar-refractivity contribution in [1.82, 2.24) is 10.6 Å². The molecule has 4 heterocycles. The lowest BCUT2D eigenvalue weighted by atomic mass is 9.79. The van der Waals surface area contributed by atoms with Gasteiger partial charge in [0.1, 0.15) is 46.5 Å². The Hall–Kier alpha value is -4.52. The molecule has 2 aromatic rings. The zero-order chi connectivity index (χ0) is 33.9. The highest BCUT2D eigenvalue weighted by Crippen LogP contribution is 2.52. The lowest BCUT2D eigenvalue weighted by Gasteiger charge is -2.43. The number of nitrogens with one attached hydrogen (secondary N) is 2. The number of rotatable bonds is 11. The van der Waals surface area contributed by atoms with Crippen molar-refractivity contribution in [3.63, 3.8) is 0 Å². The zero-order valence-corrected chi connectivity index (χ0v) is 27.0. The number of hydrogen-bond acceptors (Lipinski definition) is 12. The summed E-state index contributed by atoms with van der Waals surface area (Å²) in [6, 6.07) is 1.15. The monoisotopic (exact) mass is 648 g/mol. The molecule has 5 rings (SSSR count). The lowest BCUT2D eigenvalue weighted by Crippen LogP contribution is -2.51. The Morgan fingerprint density at radius 3 is 2.77 bits per heavy atom. The maximum Gasteiger partial charge on any atom is 0.333 e. The van der Waals surface area contributed by atoms with Crippen LogP contribution in [0.1, 0.15) is 69.3 Å². The number of phenols is 1. The van der Waals surface area contributed by atoms with Gasteiger partial charge in [0.05, 0.1) is 12.0 Å². The van der Waals surface area contributed by atoms with Crippen LogP contribution in [0.5, 0.6) is 11.5 Å². The van der Waals surface area contributed by atoms with E-state index in [0.29, 0.717) is 60.5 Å². The van der Waals surface area contributed by atoms with Crippen molar-refractivity contribution in [2.24, 2.45) is 11.5 Å². The highest BCUT2D eigenvalue weighted by molar-refractivity contribution is 5.92. The molecule has 47 heavy (non-hydrogen) atoms. The Morgan fingerprint density at radius 2 is 2.11 bits per heavy atom. The van der Waals surface area contributed by atoms with E-state index in [1.807, 2.05) is 31.4 Å². The molecule has 0 saturated carbocycles. The molecule has 0 spiro atoms. The molecule has 1 aromatic carbocycles. The molecule has 12 nitrogen and oxygen atoms in total. The van der Waals surface area contributed by atoms with Crippen LogP contribution in [0.3, 0.4) is 0 Å². The molecule has 3 aliphatic heterocycles. The summed E-state index contributed by atoms with van der Waals surface area (Å²) in [6.07, 6.45) is 11.7. The van der Waals surface area contributed by atoms with E-state index in [-0.39, 0.29) is 41.7 Å². The van der Waals surface area contributed by atoms with Gasteiger partial charge in [0.2, 0.25) is 0 Å². The quantitative estimate of drug-likeness (QED) is 0.139. The fourth-order valence-electron chi connectivity index (χ4n) is 6.27. The van der Waals surface area contributed by atoms with Gasteiger partial charge in [0.15, 0.2) is 5.43 Å². The number of nitrogens with two attached hydrogens (primary N) is 2. The van der Waals surface area contributed by atoms with Gasteiger partial charge in [-0.1, -0.05) is 18.2 Å². The number of dihydropyridines is 2. The van der Waals surface area contributed by atoms with Crippen LogP contribution < -0.4 is 32.3 Å². The second kappa shape index (κ2) is 14.1. The molecule has 1 aromatic heterocycles. The third kappa shape index (κ3) is 6.95. The minimum Gasteiger partial charge on any atom is -0.507 e. The van der Waals surface area contributed by atoms with Crippen molar-refractivity contribution >= 4 is 16.9 Å². The number of ether oxygens (including phenoxy) is 2. The second-order valence-electron chi connectivity index (χ2n) is 12.4. The number of phenolic OH excluding ortho intramolecular Hbond substituents is 1. The number of benzene rings is 1. The van der Waals surface area contributed by atoms with Crippen LogP contribution in [0.25, 0.3) is 11.0 Å². The molecule has 0 saturated heterocycles. The Kier molecular flexibility index (Phi) is 10.1. The first-order chi connectivity index (χ1) is 22.5. The van der Waals surface area contributed by atoms with Crippen LogP contribution in [0, 0.1) is 0 Å². The zero-order valence-electron chi connectivity index (χ0n) is 27.0. The van der Waals surface area contributed by atoms with Gasteiger partial charge < -0.3 is 51.3 Å². The van der Waals surface area contributed by atoms with E-state index >= 15 is 0 Å². The van der Waals surface area contributed by atoms with Gasteiger partial charge in [-0.3, -0.25) is 4.79 Å². The van der Waals surface area contributed by atoms with Crippen LogP contribution in [-0.4, -0.2) is 52.3 Å². The molecule has 0 amide bonds. The first kappa shape index (κ1) is 33.8. The number of aliphatic hydroxyl groups is 2. The second-order valence-corrected chi connectivity index (χ2v) is 12.4. The van der Waals surface area contributed by atoms with E-state index in [2.05, 4.69) is 10.6 Å². The van der Waals surface area contributed by atoms with Crippen LogP contribution in [0.4, 0.5) is 0 Å². The van der Waals surface area contributed by atoms with Crippen molar-refractivity contribution in [1.29, 1.82) is 0 Å². The number of carbonyl (C=O) groups is 1. The standard InChI is InChI=1S/C35H44N4O8/c1-4-19(2)34(44)46-26-16-24-31(43)30-25(42)15-22(18-41)45-33(30)29(23(6-5-13-40)21-10-12-38-28(37)14-21)32(24)47-35(26,3)11-9-20-7-8-27(36)39-17-20/h4,7-8,10,14-15,17,23,26-27,38-41,43H,5-6,9,11-13,16,18,36-37H2,1-3H3. The van der Waals surface area contributed by atoms with Gasteiger partial charge in [-0.2, -0.15) is 0 Å². The number of allylic oxidation sites excluding steroid dienone is 5. The molecular formula is C35H44N4O8. The molecule has 3 aliphatic rings. The molecule has 0 radical (unpaired) electrons. The number of fused-ring (bicyclic) bond motifs is 2. The number of aromatic hydroxyl groups is 1. The normalized spacial score (nSPS) is 23.0. The first-order valence-corrected chi connectivity index (χ1v) is 15.9. The van der Waals surface area contributed by atoms with E-state index in [0.717, 1.165) is 17.2 Å². The van der Waals surface area contributed by atoms with Crippen molar-refractivity contribution in [3.05, 3.63) is 92.3 Å². The fourth-order valence-corrected chi connectivity index (χ4v) is 6.27. The maximum atomic E-state index is 13.5. The molecule has 4 atom stereocenters. The fraction of sp³-hybridized carbons (Fsp3) is 0.429. The van der Waals surface area contributed by atoms with Gasteiger partial charge in [0.25, 0.3) is 0 Å². The Labute approximate surface area is 273 Å². The lowest BCUT2D eigenvalue weighted by molar-refractivity contribution is -0.158. The highest BCUT2D eigenvalue weighted by atomic mass is 16.6. The van der Waals surface area contributed by atoms with Gasteiger partial charge in [-0.05, 0) is 69.8 Å². The molecule has 12 heteroatoms. The van der Waals surface area contributed by atoms with Crippen LogP contribution in [0.2, 0.25) is 0 Å². The van der Waals surface area contributed by atoms with E-state index < -0.39 is 35.6 Å². The predicted octanol–water partition coefficient (Wildman–Crippen LogP) is 2.86. The molecular weight excluding hydrogens is 604 g/mol. The van der Waals surface area contributed by atoms with E-state index in [9.17, 15) is 24.9 Å². The van der Waals surface area contributed by atoms with Gasteiger partial charge >= 0.3 is 5.97 Å². The molecule has 4 unspecified atom stereocenters. The number of hydrogen-bond donors (Lipinski definition) is 7. The molecule has 0 fully saturated rings. The number of aliphatic hydroxyl groups excluding tert-OH is 2. The van der Waals surface area contributed by atoms with Gasteiger partial charge in [-0.25, -0.2) is 4.79 Å². The largest absolute Gasteiger partial charge is 0.507 e. The number of carbonyl (C=O) groups excluding carboxylic acids is 1. The summed E-state index contributed by atoms with van der Waals surface area (Å²) in [6.45, 7) is 5.10. The summed E-state index contributed by atoms with van der Waals surface area (Å²) in [7, 11) is 0. The summed E-state index contributed by atoms with van der Waals surface area (Å²) in [5, 5.41) is 37.7. The summed E-state index contributed by atoms with van der Waals surface area (Å²) in [4.78, 5) is 26.6. The summed E-state index contributed by atoms with van der Waals surface area (Å²) in [5.74, 6) is -0.575. The predicted molar refractivity (Wildman–Crippen MR) is 177 cm³/mol. The van der Waals surface area contributed by atoms with Crippen LogP contribution in [-0.2, 0) is 22.6 Å². The first-order valence-electron chi connectivity index (χ1n) is 15.9. The Morgan fingerprint density at radius 1 is 1.32 bits per heavy atom. The Bertz CT molecular complexity index is 1750. The van der Waals surface area contributed by atoms with E-state index in [1.165, 1.54) is 0 Å². The minimum absolute atomic E-state index is 0.0206. The summed E-state index contributed by atoms with van der Waals surface area (Å²) in [5.41, 5.74) is 13.5. The smallest absolute Gasteiger partial charge is 0.333 e. The molecule has 0 bridgehead atoms. The summed E-state index contributed by atoms with van der Waals surface area (Å²) < 4.78 is 19.1. The average Bonchev–Trinajstić information content (AvgIpc) is 3.05. The Balaban J connectivity index is 1.74. The molecule has 9 N–H and O–H groups in total. The van der Waals surface area contributed by atoms with Crippen molar-refractivity contribution < 1.29 is 34.0 Å². The third-order valence-electron chi connectivity index (χ3n) is 9.11. The van der Waals surface area contributed by atoms with Gasteiger partial charge in [0, 0.05) is 54.5 Å². The summed E-state index contributed by atoms with van der Waals surface area (Å²) >= 11 is 0. The van der Waals surface area contributed by atoms with Crippen molar-refractivity contribution in [2.75, 3.05) is 13.2 Å². The van der Waals surface area contributed by atoms with Crippen molar-refractivity contribution in [2.45, 2.75) is 83.3 Å². The maximum absolute atomic E-state index is 13.5. The minimum atomic E-state index is -1.10. The highest BCUT2D eigenvalue weighted by Gasteiger charge is 2.47. The SMILES string of the molecule is CC=C(C)C(=O)OC1Cc2c(c(C(CCCO)C3=CCNC(N)=C3)c3oc(CO)cc(=O)c3c2O)OC1(C)CCC1=CNC(N)C=C1. The number of esters is 1. The average molecular weight is 649 g/mol. The van der Waals surface area contributed by atoms with E-state index in [1.54, 1.807) is 26.0 Å². The van der Waals surface area contributed by atoms with Crippen LogP contribution in [0.15, 0.2) is 74.4 Å². The van der Waals surface area contributed by atoms with Crippen molar-refractivity contribution in [3.8, 4) is 11.5 Å².